The van der Waals surface area contributed by atoms with Crippen LogP contribution in [0.3, 0.4) is 0 Å². The second-order valence-electron chi connectivity index (χ2n) is 6.24. The summed E-state index contributed by atoms with van der Waals surface area (Å²) in [5.41, 5.74) is 0.922. The summed E-state index contributed by atoms with van der Waals surface area (Å²) in [5.74, 6) is -1.10. The monoisotopic (exact) mass is 433 g/mol. The van der Waals surface area contributed by atoms with E-state index in [-0.39, 0.29) is 34.3 Å². The Balaban J connectivity index is 2.22. The standard InChI is InChI=1S/C20H18ClFN4O4/c1-4-30-20(27)16-11(2)24-19(18-14(22)6-5-9-23-18)25-17(16)13-8-7-12(21)10-15(13)26(28)29-3/h5-10,17H,4H2,1-3H3/p+1. The fraction of sp³-hybridized carbons (Fsp3) is 0.250. The van der Waals surface area contributed by atoms with Crippen LogP contribution in [0, 0.1) is 10.7 Å². The number of aliphatic imine (C=N–C) groups is 1. The molecule has 1 aliphatic heterocycles. The van der Waals surface area contributed by atoms with E-state index >= 15 is 0 Å². The van der Waals surface area contributed by atoms with E-state index in [2.05, 4.69) is 15.3 Å². The lowest BCUT2D eigenvalue weighted by Crippen LogP contribution is -2.34. The van der Waals surface area contributed by atoms with Gasteiger partial charge in [0.15, 0.2) is 18.8 Å². The molecule has 3 rings (SSSR count). The van der Waals surface area contributed by atoms with Gasteiger partial charge >= 0.3 is 11.7 Å². The summed E-state index contributed by atoms with van der Waals surface area (Å²) in [4.78, 5) is 38.6. The molecule has 0 radical (unpaired) electrons. The molecule has 2 aromatic rings. The van der Waals surface area contributed by atoms with Crippen molar-refractivity contribution in [1.82, 2.24) is 10.3 Å². The third-order valence-corrected chi connectivity index (χ3v) is 4.60. The highest BCUT2D eigenvalue weighted by molar-refractivity contribution is 6.30. The van der Waals surface area contributed by atoms with Gasteiger partial charge in [-0.25, -0.2) is 19.0 Å². The molecule has 1 atom stereocenters. The third kappa shape index (κ3) is 4.16. The molecule has 0 amide bonds. The van der Waals surface area contributed by atoms with Crippen LogP contribution in [0.15, 0.2) is 52.8 Å². The van der Waals surface area contributed by atoms with E-state index in [0.717, 1.165) is 0 Å². The minimum atomic E-state index is -0.986. The first-order valence-electron chi connectivity index (χ1n) is 9.01. The Morgan fingerprint density at radius 3 is 2.80 bits per heavy atom. The van der Waals surface area contributed by atoms with Crippen LogP contribution >= 0.6 is 11.6 Å². The molecule has 1 N–H and O–H groups in total. The van der Waals surface area contributed by atoms with Crippen molar-refractivity contribution < 1.29 is 23.7 Å². The average Bonchev–Trinajstić information content (AvgIpc) is 2.73. The summed E-state index contributed by atoms with van der Waals surface area (Å²) in [6, 6.07) is 6.22. The molecule has 10 heteroatoms. The van der Waals surface area contributed by atoms with Gasteiger partial charge in [-0.1, -0.05) is 11.6 Å². The lowest BCUT2D eigenvalue weighted by molar-refractivity contribution is -0.737. The van der Waals surface area contributed by atoms with E-state index in [1.165, 1.54) is 31.5 Å². The lowest BCUT2D eigenvalue weighted by Gasteiger charge is -2.25. The van der Waals surface area contributed by atoms with Crippen molar-refractivity contribution in [2.45, 2.75) is 19.9 Å². The first kappa shape index (κ1) is 21.4. The summed E-state index contributed by atoms with van der Waals surface area (Å²) in [5, 5.41) is 3.20. The number of nitrogens with zero attached hydrogens (tertiary/aromatic N) is 3. The number of benzene rings is 1. The molecule has 0 saturated carbocycles. The van der Waals surface area contributed by atoms with Crippen LogP contribution in [-0.2, 0) is 14.4 Å². The van der Waals surface area contributed by atoms with E-state index in [4.69, 9.17) is 21.2 Å². The van der Waals surface area contributed by atoms with Crippen LogP contribution in [0.5, 0.6) is 0 Å². The number of pyridine rings is 1. The van der Waals surface area contributed by atoms with Gasteiger partial charge in [-0.2, -0.15) is 0 Å². The topological polar surface area (TPSA) is 92.9 Å². The molecule has 0 aliphatic carbocycles. The number of aromatic nitrogens is 1. The van der Waals surface area contributed by atoms with Crippen molar-refractivity contribution in [3.63, 3.8) is 0 Å². The molecule has 30 heavy (non-hydrogen) atoms. The number of carbonyl (C=O) groups is 1. The van der Waals surface area contributed by atoms with Crippen LogP contribution in [0.25, 0.3) is 0 Å². The van der Waals surface area contributed by atoms with Crippen molar-refractivity contribution in [3.05, 3.63) is 74.8 Å². The molecule has 0 fully saturated rings. The number of carbonyl (C=O) groups excluding carboxylic acids is 1. The maximum atomic E-state index is 14.3. The minimum Gasteiger partial charge on any atom is -0.463 e. The second kappa shape index (κ2) is 9.00. The van der Waals surface area contributed by atoms with Gasteiger partial charge in [-0.15, -0.1) is 0 Å². The third-order valence-electron chi connectivity index (χ3n) is 4.37. The summed E-state index contributed by atoms with van der Waals surface area (Å²) < 4.78 is 19.5. The highest BCUT2D eigenvalue weighted by Gasteiger charge is 2.37. The quantitative estimate of drug-likeness (QED) is 0.550. The Labute approximate surface area is 176 Å². The number of hydrogen-bond donors (Lipinski definition) is 1. The number of ether oxygens (including phenoxy) is 1. The van der Waals surface area contributed by atoms with E-state index in [1.54, 1.807) is 26.0 Å². The Hall–Kier alpha value is -3.33. The zero-order chi connectivity index (χ0) is 21.8. The highest BCUT2D eigenvalue weighted by atomic mass is 35.5. The lowest BCUT2D eigenvalue weighted by atomic mass is 9.94. The average molecular weight is 434 g/mol. The van der Waals surface area contributed by atoms with Gasteiger partial charge in [0, 0.05) is 23.0 Å². The Kier molecular flexibility index (Phi) is 6.41. The molecule has 1 aromatic heterocycles. The molecule has 1 aromatic carbocycles. The van der Waals surface area contributed by atoms with Gasteiger partial charge < -0.3 is 10.1 Å². The van der Waals surface area contributed by atoms with Gasteiger partial charge in [-0.05, 0) is 38.1 Å². The molecular formula is C20H19ClFN4O4+. The molecule has 8 nitrogen and oxygen atoms in total. The Morgan fingerprint density at radius 1 is 1.37 bits per heavy atom. The van der Waals surface area contributed by atoms with Gasteiger partial charge in [0.2, 0.25) is 0 Å². The summed E-state index contributed by atoms with van der Waals surface area (Å²) >= 11 is 6.05. The fourth-order valence-electron chi connectivity index (χ4n) is 3.06. The van der Waals surface area contributed by atoms with Crippen molar-refractivity contribution in [1.29, 1.82) is 0 Å². The highest BCUT2D eigenvalue weighted by Crippen LogP contribution is 2.38. The molecule has 1 unspecified atom stereocenters. The number of nitrogens with one attached hydrogen (secondary N) is 1. The van der Waals surface area contributed by atoms with Crippen LogP contribution in [-0.4, -0.2) is 35.4 Å². The predicted molar refractivity (Wildman–Crippen MR) is 108 cm³/mol. The van der Waals surface area contributed by atoms with Crippen molar-refractivity contribution in [3.8, 4) is 0 Å². The molecule has 156 valence electrons. The fourth-order valence-corrected chi connectivity index (χ4v) is 3.23. The Bertz CT molecular complexity index is 1070. The van der Waals surface area contributed by atoms with Crippen LogP contribution in [0.2, 0.25) is 5.02 Å². The van der Waals surface area contributed by atoms with Crippen LogP contribution in [0.4, 0.5) is 10.1 Å². The van der Waals surface area contributed by atoms with Gasteiger partial charge in [-0.3, -0.25) is 4.99 Å². The van der Waals surface area contributed by atoms with E-state index in [1.807, 2.05) is 0 Å². The molecular weight excluding hydrogens is 415 g/mol. The zero-order valence-electron chi connectivity index (χ0n) is 16.5. The van der Waals surface area contributed by atoms with Gasteiger partial charge in [0.25, 0.3) is 4.92 Å². The maximum Gasteiger partial charge on any atom is 0.338 e. The summed E-state index contributed by atoms with van der Waals surface area (Å²) in [6.45, 7) is 3.46. The summed E-state index contributed by atoms with van der Waals surface area (Å²) in [6.07, 6.45) is 1.43. The Morgan fingerprint density at radius 2 is 2.13 bits per heavy atom. The number of rotatable bonds is 6. The van der Waals surface area contributed by atoms with Crippen molar-refractivity contribution in [2.75, 3.05) is 13.7 Å². The normalized spacial score (nSPS) is 15.9. The zero-order valence-corrected chi connectivity index (χ0v) is 17.2. The molecule has 0 saturated heterocycles. The van der Waals surface area contributed by atoms with E-state index in [0.29, 0.717) is 16.3 Å². The molecule has 0 spiro atoms. The van der Waals surface area contributed by atoms with Gasteiger partial charge in [0.05, 0.1) is 22.7 Å². The number of amidine groups is 1. The number of allylic oxidation sites excluding steroid dienone is 1. The largest absolute Gasteiger partial charge is 0.463 e. The molecule has 1 aliphatic rings. The predicted octanol–water partition coefficient (Wildman–Crippen LogP) is 3.77. The number of halogens is 2. The smallest absolute Gasteiger partial charge is 0.338 e. The second-order valence-corrected chi connectivity index (χ2v) is 6.68. The minimum absolute atomic E-state index is 0.0222. The van der Waals surface area contributed by atoms with Crippen LogP contribution < -0.4 is 5.32 Å². The van der Waals surface area contributed by atoms with Crippen molar-refractivity contribution >= 4 is 29.1 Å². The first-order valence-corrected chi connectivity index (χ1v) is 9.39. The molecule has 0 bridgehead atoms. The van der Waals surface area contributed by atoms with Gasteiger partial charge in [0.1, 0.15) is 11.7 Å². The number of hydrogen-bond acceptors (Lipinski definition) is 7. The van der Waals surface area contributed by atoms with E-state index < -0.39 is 17.8 Å². The SMILES string of the molecule is CCOC(=O)C1=C(C)NC(c2ncccc2F)=NC1c1ccc(Cl)cc1[N+](=O)OC. The van der Waals surface area contributed by atoms with Crippen molar-refractivity contribution in [2.24, 2.45) is 4.99 Å². The van der Waals surface area contributed by atoms with E-state index in [9.17, 15) is 14.1 Å². The summed E-state index contributed by atoms with van der Waals surface area (Å²) in [7, 11) is 1.20. The number of esters is 1. The van der Waals surface area contributed by atoms with Crippen LogP contribution in [0.1, 0.15) is 31.1 Å². The first-order chi connectivity index (χ1) is 14.4. The molecule has 2 heterocycles. The maximum absolute atomic E-state index is 14.3.